The molecule has 58 heavy (non-hydrogen) atoms. The molecular weight excluding hydrogens is 793 g/mol. The van der Waals surface area contributed by atoms with Crippen molar-refractivity contribution in [2.24, 2.45) is 0 Å². The van der Waals surface area contributed by atoms with E-state index in [1.807, 2.05) is 30.3 Å². The van der Waals surface area contributed by atoms with Gasteiger partial charge in [0.2, 0.25) is 5.69 Å². The molecule has 0 saturated carbocycles. The Hall–Kier alpha value is -4.11. The van der Waals surface area contributed by atoms with Gasteiger partial charge in [-0.2, -0.15) is 17.2 Å². The fourth-order valence-corrected chi connectivity index (χ4v) is 10.4. The van der Waals surface area contributed by atoms with Crippen molar-refractivity contribution in [2.45, 2.75) is 88.4 Å². The lowest BCUT2D eigenvalue weighted by Gasteiger charge is -2.27. The van der Waals surface area contributed by atoms with Crippen LogP contribution in [-0.2, 0) is 36.5 Å². The van der Waals surface area contributed by atoms with E-state index in [1.54, 1.807) is 12.1 Å². The molecule has 2 aliphatic heterocycles. The first kappa shape index (κ1) is 43.5. The highest BCUT2D eigenvalue weighted by Crippen LogP contribution is 2.49. The highest BCUT2D eigenvalue weighted by Gasteiger charge is 2.44. The second-order valence-electron chi connectivity index (χ2n) is 15.9. The van der Waals surface area contributed by atoms with Crippen LogP contribution in [0.25, 0.3) is 0 Å². The lowest BCUT2D eigenvalue weighted by molar-refractivity contribution is -0.438. The van der Waals surface area contributed by atoms with E-state index in [0.717, 1.165) is 64.5 Å². The zero-order valence-corrected chi connectivity index (χ0v) is 36.0. The molecule has 0 amide bonds. The Bertz CT molecular complexity index is 2340. The molecule has 3 aromatic rings. The maximum Gasteiger partial charge on any atom is 0.336 e. The van der Waals surface area contributed by atoms with Crippen LogP contribution in [0, 0.1) is 0 Å². The number of hydrogen-bond donors (Lipinski definition) is 3. The van der Waals surface area contributed by atoms with E-state index < -0.39 is 27.4 Å². The second kappa shape index (κ2) is 18.4. The summed E-state index contributed by atoms with van der Waals surface area (Å²) < 4.78 is 59.6. The molecule has 308 valence electrons. The molecule has 0 radical (unpaired) electrons. The largest absolute Gasteiger partial charge is 0.478 e. The smallest absolute Gasteiger partial charge is 0.336 e. The molecule has 1 aliphatic carbocycles. The number of nitrogens with zero attached hydrogens (tertiary/aromatic N) is 2. The first-order valence-corrected chi connectivity index (χ1v) is 23.2. The number of hydrogen-bond acceptors (Lipinski definition) is 7. The van der Waals surface area contributed by atoms with E-state index >= 15 is 0 Å². The molecule has 0 fully saturated rings. The van der Waals surface area contributed by atoms with Gasteiger partial charge in [0.15, 0.2) is 5.71 Å². The van der Waals surface area contributed by atoms with Crippen molar-refractivity contribution in [2.75, 3.05) is 30.3 Å². The summed E-state index contributed by atoms with van der Waals surface area (Å²) in [5.74, 6) is -1.26. The minimum absolute atomic E-state index is 0.193. The van der Waals surface area contributed by atoms with Crippen LogP contribution in [0.3, 0.4) is 0 Å². The minimum atomic E-state index is -4.05. The predicted molar refractivity (Wildman–Crippen MR) is 233 cm³/mol. The summed E-state index contributed by atoms with van der Waals surface area (Å²) in [6.07, 6.45) is 13.6. The summed E-state index contributed by atoms with van der Waals surface area (Å²) in [6, 6.07) is 23.8. The van der Waals surface area contributed by atoms with E-state index in [4.69, 9.17) is 8.74 Å². The number of anilines is 1. The number of carbonyl (C=O) groups is 1. The zero-order valence-electron chi connectivity index (χ0n) is 33.5. The number of thioether (sulfide) groups is 1. The van der Waals surface area contributed by atoms with Crippen molar-refractivity contribution in [3.8, 4) is 0 Å². The van der Waals surface area contributed by atoms with E-state index in [1.165, 1.54) is 22.9 Å². The van der Waals surface area contributed by atoms with E-state index in [-0.39, 0.29) is 28.8 Å². The highest BCUT2D eigenvalue weighted by molar-refractivity contribution is 8.03. The number of carboxylic acid groups (broad SMARTS) is 1. The normalized spacial score (nSPS) is 19.4. The second-order valence-corrected chi connectivity index (χ2v) is 19.2. The number of allylic oxidation sites excluding steroid dienone is 7. The van der Waals surface area contributed by atoms with Crippen molar-refractivity contribution in [1.29, 1.82) is 0 Å². The molecule has 3 N–H and O–H groups in total. The maximum atomic E-state index is 12.4. The van der Waals surface area contributed by atoms with Crippen molar-refractivity contribution in [3.05, 3.63) is 136 Å². The number of carboxylic acids is 1. The molecule has 3 aliphatic rings. The molecule has 3 aromatic carbocycles. The molecule has 1 atom stereocenters. The summed E-state index contributed by atoms with van der Waals surface area (Å²) in [7, 11) is -4.05. The van der Waals surface area contributed by atoms with Gasteiger partial charge >= 0.3 is 17.3 Å². The monoisotopic (exact) mass is 845 g/mol. The standard InChI is InChI=1S/C45H52N2O8S3/c1-44(2)35-19-6-8-21-37(35)46(28-11-13-30-55-57(50)51)40(44)26-24-32-16-15-17-33(42(32)56-39-23-10-5-18-34(39)43(48)49)25-27-41-45(3,4)36-20-7-9-22-38(36)47(41)29-12-14-31-58(52,53)54/h5-10,18-27H,11-17,28-31H2,1-4H3,(H2-,48,49,50,51,52,53,54)/p+1. The third-order valence-corrected chi connectivity index (χ3v) is 13.8. The van der Waals surface area contributed by atoms with Crippen molar-refractivity contribution < 1.29 is 40.4 Å². The van der Waals surface area contributed by atoms with Crippen LogP contribution in [0.2, 0.25) is 0 Å². The van der Waals surface area contributed by atoms with Gasteiger partial charge in [-0.1, -0.05) is 86.3 Å². The predicted octanol–water partition coefficient (Wildman–Crippen LogP) is 9.76. The van der Waals surface area contributed by atoms with E-state index in [0.29, 0.717) is 37.2 Å². The Morgan fingerprint density at radius 1 is 0.897 bits per heavy atom. The molecule has 0 saturated heterocycles. The van der Waals surface area contributed by atoms with Crippen LogP contribution in [0.5, 0.6) is 0 Å². The van der Waals surface area contributed by atoms with Gasteiger partial charge in [-0.15, -0.1) is 0 Å². The van der Waals surface area contributed by atoms with E-state index in [9.17, 15) is 27.1 Å². The minimum Gasteiger partial charge on any atom is -0.478 e. The summed E-state index contributed by atoms with van der Waals surface area (Å²) in [4.78, 5) is 16.4. The van der Waals surface area contributed by atoms with Crippen LogP contribution in [0.1, 0.15) is 94.1 Å². The Labute approximate surface area is 349 Å². The highest BCUT2D eigenvalue weighted by atomic mass is 32.2. The maximum absolute atomic E-state index is 12.4. The van der Waals surface area contributed by atoms with Crippen LogP contribution in [0.15, 0.2) is 124 Å². The molecule has 10 nitrogen and oxygen atoms in total. The molecule has 6 rings (SSSR count). The Morgan fingerprint density at radius 3 is 2.34 bits per heavy atom. The summed E-state index contributed by atoms with van der Waals surface area (Å²) in [6.45, 7) is 10.3. The van der Waals surface area contributed by atoms with Crippen molar-refractivity contribution in [1.82, 2.24) is 0 Å². The summed E-state index contributed by atoms with van der Waals surface area (Å²) in [5, 5.41) is 10.2. The lowest BCUT2D eigenvalue weighted by atomic mass is 9.81. The zero-order chi connectivity index (χ0) is 41.7. The Kier molecular flexibility index (Phi) is 13.8. The van der Waals surface area contributed by atoms with Crippen molar-refractivity contribution in [3.63, 3.8) is 0 Å². The van der Waals surface area contributed by atoms with Gasteiger partial charge in [-0.05, 0) is 93.4 Å². The van der Waals surface area contributed by atoms with Gasteiger partial charge < -0.3 is 10.0 Å². The summed E-state index contributed by atoms with van der Waals surface area (Å²) in [5.41, 5.74) is 8.67. The van der Waals surface area contributed by atoms with Gasteiger partial charge in [-0.25, -0.2) is 4.79 Å². The lowest BCUT2D eigenvalue weighted by Crippen LogP contribution is -2.28. The molecule has 1 unspecified atom stereocenters. The van der Waals surface area contributed by atoms with Gasteiger partial charge in [-0.3, -0.25) is 13.3 Å². The fourth-order valence-electron chi connectivity index (χ4n) is 8.37. The van der Waals surface area contributed by atoms with Crippen LogP contribution < -0.4 is 4.90 Å². The Balaban J connectivity index is 1.42. The fraction of sp³-hybridized carbons (Fsp3) is 0.378. The number of fused-ring (bicyclic) bond motifs is 2. The average molecular weight is 846 g/mol. The SMILES string of the molecule is CC1(C)C(/C=C/C2=C(Sc3ccccc3C(=O)O)C(=C/C=C3/N(CCCCS(=O)(=O)O)c4ccccc4C3(C)C)/CCC2)=[N+](CCCCOS(=O)O)c2ccccc21. The topological polar surface area (TPSA) is 144 Å². The molecule has 13 heteroatoms. The molecule has 0 aromatic heterocycles. The first-order chi connectivity index (χ1) is 27.6. The van der Waals surface area contributed by atoms with Crippen molar-refractivity contribution >= 4 is 56.3 Å². The molecular formula is C45H53N2O8S3+. The van der Waals surface area contributed by atoms with Gasteiger partial charge in [0.25, 0.3) is 10.1 Å². The molecule has 2 heterocycles. The van der Waals surface area contributed by atoms with Gasteiger partial charge in [0.05, 0.1) is 23.3 Å². The third kappa shape index (κ3) is 9.84. The third-order valence-electron chi connectivity index (χ3n) is 11.3. The molecule has 0 bridgehead atoms. The number of para-hydroxylation sites is 2. The van der Waals surface area contributed by atoms with E-state index in [2.05, 4.69) is 91.8 Å². The molecule has 0 spiro atoms. The summed E-state index contributed by atoms with van der Waals surface area (Å²) >= 11 is -0.796. The number of benzene rings is 3. The number of unbranched alkanes of at least 4 members (excludes halogenated alkanes) is 2. The quantitative estimate of drug-likeness (QED) is 0.0520. The average Bonchev–Trinajstić information content (AvgIpc) is 3.53. The van der Waals surface area contributed by atoms with Gasteiger partial charge in [0.1, 0.15) is 6.54 Å². The van der Waals surface area contributed by atoms with Gasteiger partial charge in [0, 0.05) is 57.3 Å². The number of rotatable bonds is 17. The van der Waals surface area contributed by atoms with Crippen LogP contribution in [0.4, 0.5) is 11.4 Å². The number of aromatic carboxylic acids is 1. The first-order valence-electron chi connectivity index (χ1n) is 19.7. The van der Waals surface area contributed by atoms with Crippen LogP contribution in [-0.4, -0.2) is 68.5 Å². The van der Waals surface area contributed by atoms with Crippen LogP contribution >= 0.6 is 11.8 Å². The Morgan fingerprint density at radius 2 is 1.60 bits per heavy atom.